The molecule has 0 N–H and O–H groups in total. The van der Waals surface area contributed by atoms with Crippen molar-refractivity contribution in [2.24, 2.45) is 5.92 Å². The monoisotopic (exact) mass is 371 g/mol. The molecule has 1 heterocycles. The van der Waals surface area contributed by atoms with Crippen molar-refractivity contribution < 1.29 is 18.3 Å². The normalized spacial score (nSPS) is 19.3. The Morgan fingerprint density at radius 2 is 1.56 bits per heavy atom. The van der Waals surface area contributed by atoms with Crippen molar-refractivity contribution in [3.63, 3.8) is 0 Å². The van der Waals surface area contributed by atoms with E-state index in [0.717, 1.165) is 30.4 Å². The molecule has 2 aromatic rings. The molecule has 1 aliphatic heterocycles. The molecular weight excluding hydrogens is 348 g/mol. The van der Waals surface area contributed by atoms with E-state index >= 15 is 0 Å². The second-order valence-electron chi connectivity index (χ2n) is 7.44. The highest BCUT2D eigenvalue weighted by Crippen LogP contribution is 2.41. The van der Waals surface area contributed by atoms with Gasteiger partial charge in [0.05, 0.1) is 12.6 Å². The summed E-state index contributed by atoms with van der Waals surface area (Å²) in [6.07, 6.45) is 3.20. The molecule has 0 radical (unpaired) electrons. The Bertz CT molecular complexity index is 787. The number of carbonyl (C=O) groups is 1. The highest BCUT2D eigenvalue weighted by atomic mass is 19.1. The fourth-order valence-corrected chi connectivity index (χ4v) is 3.69. The molecule has 3 nitrogen and oxygen atoms in total. The Morgan fingerprint density at radius 1 is 0.963 bits per heavy atom. The maximum absolute atomic E-state index is 13.5. The molecule has 2 aromatic carbocycles. The molecule has 2 unspecified atom stereocenters. The molecule has 1 saturated carbocycles. The SMILES string of the molecule is O=C1CCCN1C(c1ccc(F)cc1)C(OCC1CC1)c1ccc(F)cc1. The Kier molecular flexibility index (Phi) is 5.21. The summed E-state index contributed by atoms with van der Waals surface area (Å²) in [7, 11) is 0. The molecular formula is C22H23F2NO2. The third-order valence-corrected chi connectivity index (χ3v) is 5.35. The lowest BCUT2D eigenvalue weighted by Crippen LogP contribution is -2.35. The Morgan fingerprint density at radius 3 is 2.07 bits per heavy atom. The molecule has 2 fully saturated rings. The van der Waals surface area contributed by atoms with Crippen LogP contribution in [0.5, 0.6) is 0 Å². The molecule has 4 rings (SSSR count). The van der Waals surface area contributed by atoms with Crippen LogP contribution in [0, 0.1) is 17.6 Å². The second kappa shape index (κ2) is 7.77. The van der Waals surface area contributed by atoms with Gasteiger partial charge in [0.25, 0.3) is 0 Å². The third-order valence-electron chi connectivity index (χ3n) is 5.35. The number of nitrogens with zero attached hydrogens (tertiary/aromatic N) is 1. The van der Waals surface area contributed by atoms with Gasteiger partial charge in [-0.05, 0) is 60.6 Å². The summed E-state index contributed by atoms with van der Waals surface area (Å²) in [5.41, 5.74) is 1.66. The van der Waals surface area contributed by atoms with Gasteiger partial charge in [-0.2, -0.15) is 0 Å². The van der Waals surface area contributed by atoms with E-state index in [1.807, 2.05) is 4.90 Å². The summed E-state index contributed by atoms with van der Waals surface area (Å²) in [6, 6.07) is 12.1. The lowest BCUT2D eigenvalue weighted by molar-refractivity contribution is -0.133. The number of rotatable bonds is 7. The molecule has 1 amide bonds. The lowest BCUT2D eigenvalue weighted by Gasteiger charge is -2.35. The van der Waals surface area contributed by atoms with Gasteiger partial charge in [-0.15, -0.1) is 0 Å². The number of hydrogen-bond donors (Lipinski definition) is 0. The fraction of sp³-hybridized carbons (Fsp3) is 0.409. The minimum atomic E-state index is -0.418. The predicted molar refractivity (Wildman–Crippen MR) is 97.9 cm³/mol. The quantitative estimate of drug-likeness (QED) is 0.700. The Labute approximate surface area is 157 Å². The van der Waals surface area contributed by atoms with Crippen LogP contribution in [-0.4, -0.2) is 24.0 Å². The van der Waals surface area contributed by atoms with E-state index in [9.17, 15) is 13.6 Å². The van der Waals surface area contributed by atoms with Crippen molar-refractivity contribution in [2.75, 3.05) is 13.2 Å². The second-order valence-corrected chi connectivity index (χ2v) is 7.44. The van der Waals surface area contributed by atoms with Gasteiger partial charge >= 0.3 is 0 Å². The van der Waals surface area contributed by atoms with E-state index < -0.39 is 6.10 Å². The molecule has 2 aliphatic rings. The van der Waals surface area contributed by atoms with Crippen molar-refractivity contribution in [3.8, 4) is 0 Å². The van der Waals surface area contributed by atoms with E-state index in [0.29, 0.717) is 25.5 Å². The highest BCUT2D eigenvalue weighted by Gasteiger charge is 2.37. The predicted octanol–water partition coefficient (Wildman–Crippen LogP) is 4.80. The Hall–Kier alpha value is -2.27. The smallest absolute Gasteiger partial charge is 0.223 e. The molecule has 1 aliphatic carbocycles. The molecule has 5 heteroatoms. The lowest BCUT2D eigenvalue weighted by atomic mass is 9.94. The van der Waals surface area contributed by atoms with Crippen LogP contribution in [0.3, 0.4) is 0 Å². The summed E-state index contributed by atoms with van der Waals surface area (Å²) < 4.78 is 33.2. The maximum atomic E-state index is 13.5. The number of ether oxygens (including phenoxy) is 1. The van der Waals surface area contributed by atoms with Gasteiger partial charge < -0.3 is 9.64 Å². The third kappa shape index (κ3) is 4.19. The van der Waals surface area contributed by atoms with Crippen LogP contribution < -0.4 is 0 Å². The number of amides is 1. The van der Waals surface area contributed by atoms with Crippen LogP contribution in [0.25, 0.3) is 0 Å². The van der Waals surface area contributed by atoms with Crippen molar-refractivity contribution in [1.82, 2.24) is 4.90 Å². The van der Waals surface area contributed by atoms with E-state index in [1.165, 1.54) is 24.3 Å². The van der Waals surface area contributed by atoms with Crippen LogP contribution in [0.1, 0.15) is 49.0 Å². The van der Waals surface area contributed by atoms with Gasteiger partial charge in [0, 0.05) is 13.0 Å². The van der Waals surface area contributed by atoms with Gasteiger partial charge in [0.15, 0.2) is 0 Å². The number of carbonyl (C=O) groups excluding carboxylic acids is 1. The zero-order valence-electron chi connectivity index (χ0n) is 15.1. The highest BCUT2D eigenvalue weighted by molar-refractivity contribution is 5.78. The van der Waals surface area contributed by atoms with Gasteiger partial charge in [0.2, 0.25) is 5.91 Å². The van der Waals surface area contributed by atoms with Crippen molar-refractivity contribution in [3.05, 3.63) is 71.3 Å². The molecule has 142 valence electrons. The maximum Gasteiger partial charge on any atom is 0.223 e. The number of halogens is 2. The van der Waals surface area contributed by atoms with Crippen molar-refractivity contribution in [2.45, 2.75) is 37.8 Å². The molecule has 27 heavy (non-hydrogen) atoms. The van der Waals surface area contributed by atoms with Crippen molar-refractivity contribution >= 4 is 5.91 Å². The minimum absolute atomic E-state index is 0.0754. The van der Waals surface area contributed by atoms with E-state index in [2.05, 4.69) is 0 Å². The molecule has 1 saturated heterocycles. The topological polar surface area (TPSA) is 29.5 Å². The first-order valence-electron chi connectivity index (χ1n) is 9.54. The van der Waals surface area contributed by atoms with Crippen LogP contribution in [-0.2, 0) is 9.53 Å². The number of benzene rings is 2. The van der Waals surface area contributed by atoms with Crippen molar-refractivity contribution in [1.29, 1.82) is 0 Å². The molecule has 0 aromatic heterocycles. The van der Waals surface area contributed by atoms with Crippen LogP contribution in [0.2, 0.25) is 0 Å². The first-order valence-corrected chi connectivity index (χ1v) is 9.54. The summed E-state index contributed by atoms with van der Waals surface area (Å²) in [5, 5.41) is 0. The molecule has 2 atom stereocenters. The standard InChI is InChI=1S/C22H23F2NO2/c23-18-9-5-16(6-10-18)21(25-13-1-2-20(25)26)22(27-14-15-3-4-15)17-7-11-19(24)12-8-17/h5-12,15,21-22H,1-4,13-14H2. The van der Waals surface area contributed by atoms with Gasteiger partial charge in [0.1, 0.15) is 17.7 Å². The van der Waals surface area contributed by atoms with Gasteiger partial charge in [-0.25, -0.2) is 8.78 Å². The number of hydrogen-bond acceptors (Lipinski definition) is 2. The van der Waals surface area contributed by atoms with Gasteiger partial charge in [-0.3, -0.25) is 4.79 Å². The molecule has 0 spiro atoms. The van der Waals surface area contributed by atoms with E-state index in [1.54, 1.807) is 24.3 Å². The first kappa shape index (κ1) is 18.1. The van der Waals surface area contributed by atoms with Crippen LogP contribution in [0.4, 0.5) is 8.78 Å². The zero-order chi connectivity index (χ0) is 18.8. The summed E-state index contributed by atoms with van der Waals surface area (Å²) in [4.78, 5) is 14.4. The summed E-state index contributed by atoms with van der Waals surface area (Å²) in [5.74, 6) is 0.000285. The van der Waals surface area contributed by atoms with Crippen LogP contribution >= 0.6 is 0 Å². The van der Waals surface area contributed by atoms with E-state index in [4.69, 9.17) is 4.74 Å². The first-order chi connectivity index (χ1) is 13.1. The zero-order valence-corrected chi connectivity index (χ0v) is 15.1. The van der Waals surface area contributed by atoms with E-state index in [-0.39, 0.29) is 23.6 Å². The van der Waals surface area contributed by atoms with Gasteiger partial charge in [-0.1, -0.05) is 24.3 Å². The average Bonchev–Trinajstić information content (AvgIpc) is 3.41. The number of likely N-dealkylation sites (tertiary alicyclic amines) is 1. The summed E-state index contributed by atoms with van der Waals surface area (Å²) in [6.45, 7) is 1.26. The largest absolute Gasteiger partial charge is 0.371 e. The fourth-order valence-electron chi connectivity index (χ4n) is 3.69. The van der Waals surface area contributed by atoms with Crippen LogP contribution in [0.15, 0.2) is 48.5 Å². The average molecular weight is 371 g/mol. The summed E-state index contributed by atoms with van der Waals surface area (Å²) >= 11 is 0. The molecule has 0 bridgehead atoms. The minimum Gasteiger partial charge on any atom is -0.371 e. The Balaban J connectivity index is 1.72.